The van der Waals surface area contributed by atoms with Crippen molar-refractivity contribution in [2.75, 3.05) is 6.61 Å². The molecule has 0 radical (unpaired) electrons. The molecular formula is C25H42O10S. The SMILES string of the molecule is C[C@H](CC/C=C/CO)[C@H]1C[C@H](OS(=O)(=O)O)[C@]2(O)[C@]1(C)CC[C@@H]1[C@H]3CC[C@H](O)[C@H](O)C3[C@@H](O)C[C@]12O. The molecule has 4 saturated carbocycles. The van der Waals surface area contributed by atoms with Crippen LogP contribution in [0.2, 0.25) is 0 Å². The van der Waals surface area contributed by atoms with Crippen molar-refractivity contribution < 1.29 is 47.8 Å². The quantitative estimate of drug-likeness (QED) is 0.180. The third kappa shape index (κ3) is 4.28. The molecule has 0 aromatic rings. The maximum Gasteiger partial charge on any atom is 0.397 e. The first-order chi connectivity index (χ1) is 16.7. The predicted molar refractivity (Wildman–Crippen MR) is 129 cm³/mol. The summed E-state index contributed by atoms with van der Waals surface area (Å²) >= 11 is 0. The Morgan fingerprint density at radius 3 is 2.42 bits per heavy atom. The minimum absolute atomic E-state index is 0.00655. The van der Waals surface area contributed by atoms with Crippen molar-refractivity contribution in [3.63, 3.8) is 0 Å². The number of rotatable bonds is 7. The molecule has 36 heavy (non-hydrogen) atoms. The molecule has 4 aliphatic rings. The number of aliphatic hydroxyl groups excluding tert-OH is 4. The lowest BCUT2D eigenvalue weighted by Crippen LogP contribution is -2.77. The zero-order valence-electron chi connectivity index (χ0n) is 21.0. The molecule has 0 aromatic carbocycles. The van der Waals surface area contributed by atoms with E-state index in [4.69, 9.17) is 9.29 Å². The fraction of sp³-hybridized carbons (Fsp3) is 0.920. The molecule has 10 nitrogen and oxygen atoms in total. The fourth-order valence-electron chi connectivity index (χ4n) is 8.86. The highest BCUT2D eigenvalue weighted by Gasteiger charge is 2.77. The summed E-state index contributed by atoms with van der Waals surface area (Å²) in [6, 6.07) is 0. The van der Waals surface area contributed by atoms with Crippen LogP contribution in [-0.2, 0) is 14.6 Å². The van der Waals surface area contributed by atoms with Crippen molar-refractivity contribution >= 4 is 10.4 Å². The average molecular weight is 535 g/mol. The number of allylic oxidation sites excluding steroid dienone is 1. The van der Waals surface area contributed by atoms with Crippen molar-refractivity contribution in [1.29, 1.82) is 0 Å². The smallest absolute Gasteiger partial charge is 0.393 e. The van der Waals surface area contributed by atoms with Gasteiger partial charge in [0.05, 0.1) is 24.9 Å². The molecule has 0 amide bonds. The molecule has 11 heteroatoms. The lowest BCUT2D eigenvalue weighted by molar-refractivity contribution is -0.319. The van der Waals surface area contributed by atoms with Gasteiger partial charge in [0.15, 0.2) is 0 Å². The average Bonchev–Trinajstić information content (AvgIpc) is 3.01. The van der Waals surface area contributed by atoms with Gasteiger partial charge in [-0.2, -0.15) is 8.42 Å². The van der Waals surface area contributed by atoms with E-state index in [-0.39, 0.29) is 37.2 Å². The topological polar surface area (TPSA) is 185 Å². The first-order valence-electron chi connectivity index (χ1n) is 13.1. The molecule has 7 N–H and O–H groups in total. The maximum absolute atomic E-state index is 12.5. The molecule has 0 aliphatic heterocycles. The van der Waals surface area contributed by atoms with Gasteiger partial charge in [-0.15, -0.1) is 0 Å². The Kier molecular flexibility index (Phi) is 7.76. The Morgan fingerprint density at radius 2 is 1.78 bits per heavy atom. The van der Waals surface area contributed by atoms with Crippen molar-refractivity contribution in [2.45, 2.75) is 101 Å². The van der Waals surface area contributed by atoms with Gasteiger partial charge >= 0.3 is 10.4 Å². The van der Waals surface area contributed by atoms with E-state index in [2.05, 4.69) is 0 Å². The molecule has 208 valence electrons. The first kappa shape index (κ1) is 28.4. The van der Waals surface area contributed by atoms with Crippen molar-refractivity contribution in [1.82, 2.24) is 0 Å². The molecule has 0 bridgehead atoms. The van der Waals surface area contributed by atoms with Gasteiger partial charge in [0, 0.05) is 17.8 Å². The Hall–Kier alpha value is -0.630. The standard InChI is InChI=1S/C25H42O10S/c1-14(6-4-3-5-11-26)17-12-20(35-36(32,33)34)25(31)23(17,2)10-9-16-15-7-8-18(27)22(29)21(15)19(28)13-24(16,25)30/h3,5,14-22,26-31H,4,6-13H2,1-2H3,(H,32,33,34)/b5-3+/t14-,15-,16-,17-,18+,19+,20+,21?,22+,23-,24+,25+/m1/s1. The molecule has 12 atom stereocenters. The largest absolute Gasteiger partial charge is 0.397 e. The zero-order chi connectivity index (χ0) is 26.7. The molecule has 1 unspecified atom stereocenters. The van der Waals surface area contributed by atoms with Gasteiger partial charge in [-0.25, -0.2) is 4.18 Å². The van der Waals surface area contributed by atoms with Crippen LogP contribution in [0.25, 0.3) is 0 Å². The third-order valence-electron chi connectivity index (χ3n) is 10.4. The van der Waals surface area contributed by atoms with Crippen molar-refractivity contribution in [3.05, 3.63) is 12.2 Å². The van der Waals surface area contributed by atoms with Gasteiger partial charge in [0.2, 0.25) is 0 Å². The van der Waals surface area contributed by atoms with Crippen LogP contribution in [0.4, 0.5) is 0 Å². The zero-order valence-corrected chi connectivity index (χ0v) is 21.8. The van der Waals surface area contributed by atoms with Crippen LogP contribution in [0.1, 0.15) is 65.2 Å². The monoisotopic (exact) mass is 534 g/mol. The summed E-state index contributed by atoms with van der Waals surface area (Å²) in [6.07, 6.45) is 1.59. The van der Waals surface area contributed by atoms with Crippen LogP contribution in [0.3, 0.4) is 0 Å². The molecular weight excluding hydrogens is 492 g/mol. The van der Waals surface area contributed by atoms with Crippen LogP contribution >= 0.6 is 0 Å². The number of hydrogen-bond acceptors (Lipinski definition) is 9. The van der Waals surface area contributed by atoms with E-state index >= 15 is 0 Å². The molecule has 4 aliphatic carbocycles. The van der Waals surface area contributed by atoms with Gasteiger partial charge in [0.25, 0.3) is 0 Å². The summed E-state index contributed by atoms with van der Waals surface area (Å²) in [6.45, 7) is 3.76. The Labute approximate surface area is 213 Å². The fourth-order valence-corrected chi connectivity index (χ4v) is 9.37. The molecule has 0 heterocycles. The summed E-state index contributed by atoms with van der Waals surface area (Å²) in [7, 11) is -4.96. The van der Waals surface area contributed by atoms with Gasteiger partial charge in [-0.1, -0.05) is 26.0 Å². The van der Waals surface area contributed by atoms with E-state index in [1.807, 2.05) is 19.9 Å². The van der Waals surface area contributed by atoms with Crippen LogP contribution in [0, 0.1) is 35.0 Å². The Bertz CT molecular complexity index is 941. The number of aliphatic hydroxyl groups is 6. The van der Waals surface area contributed by atoms with Crippen LogP contribution in [-0.4, -0.2) is 85.8 Å². The van der Waals surface area contributed by atoms with Gasteiger partial charge in [-0.3, -0.25) is 4.55 Å². The highest BCUT2D eigenvalue weighted by molar-refractivity contribution is 7.80. The highest BCUT2D eigenvalue weighted by Crippen LogP contribution is 2.69. The van der Waals surface area contributed by atoms with E-state index in [1.54, 1.807) is 6.08 Å². The highest BCUT2D eigenvalue weighted by atomic mass is 32.3. The normalized spacial score (nSPS) is 49.9. The van der Waals surface area contributed by atoms with Crippen LogP contribution in [0.15, 0.2) is 12.2 Å². The first-order valence-corrected chi connectivity index (χ1v) is 14.5. The molecule has 0 saturated heterocycles. The van der Waals surface area contributed by atoms with E-state index < -0.39 is 63.3 Å². The number of fused-ring (bicyclic) bond motifs is 5. The lowest BCUT2D eigenvalue weighted by atomic mass is 9.44. The van der Waals surface area contributed by atoms with Crippen LogP contribution < -0.4 is 0 Å². The molecule has 4 rings (SSSR count). The van der Waals surface area contributed by atoms with Crippen molar-refractivity contribution in [3.8, 4) is 0 Å². The van der Waals surface area contributed by atoms with E-state index in [0.29, 0.717) is 38.5 Å². The van der Waals surface area contributed by atoms with Crippen LogP contribution in [0.5, 0.6) is 0 Å². The van der Waals surface area contributed by atoms with Gasteiger partial charge in [-0.05, 0) is 68.6 Å². The Morgan fingerprint density at radius 1 is 1.08 bits per heavy atom. The summed E-state index contributed by atoms with van der Waals surface area (Å²) in [5.41, 5.74) is -5.00. The molecule has 0 aromatic heterocycles. The third-order valence-corrected chi connectivity index (χ3v) is 10.9. The summed E-state index contributed by atoms with van der Waals surface area (Å²) in [5.74, 6) is -1.86. The molecule has 4 fully saturated rings. The lowest BCUT2D eigenvalue weighted by Gasteiger charge is -2.66. The summed E-state index contributed by atoms with van der Waals surface area (Å²) < 4.78 is 38.4. The second kappa shape index (κ2) is 9.84. The number of hydrogen-bond donors (Lipinski definition) is 7. The van der Waals surface area contributed by atoms with E-state index in [0.717, 1.165) is 0 Å². The van der Waals surface area contributed by atoms with Gasteiger partial charge in [0.1, 0.15) is 17.3 Å². The van der Waals surface area contributed by atoms with E-state index in [1.165, 1.54) is 0 Å². The second-order valence-electron chi connectivity index (χ2n) is 12.0. The Balaban J connectivity index is 1.74. The van der Waals surface area contributed by atoms with E-state index in [9.17, 15) is 38.5 Å². The summed E-state index contributed by atoms with van der Waals surface area (Å²) in [4.78, 5) is 0. The second-order valence-corrected chi connectivity index (χ2v) is 13.0. The van der Waals surface area contributed by atoms with Crippen molar-refractivity contribution in [2.24, 2.45) is 35.0 Å². The minimum atomic E-state index is -4.96. The summed E-state index contributed by atoms with van der Waals surface area (Å²) in [5, 5.41) is 65.7. The molecule has 0 spiro atoms. The van der Waals surface area contributed by atoms with Gasteiger partial charge < -0.3 is 30.6 Å². The minimum Gasteiger partial charge on any atom is -0.393 e. The predicted octanol–water partition coefficient (Wildman–Crippen LogP) is 0.550. The maximum atomic E-state index is 12.5.